The van der Waals surface area contributed by atoms with E-state index >= 15 is 0 Å². The van der Waals surface area contributed by atoms with Gasteiger partial charge in [0.2, 0.25) is 0 Å². The van der Waals surface area contributed by atoms with Crippen LogP contribution in [0, 0.1) is 6.92 Å². The number of phenols is 1. The van der Waals surface area contributed by atoms with Crippen LogP contribution >= 0.6 is 0 Å². The number of benzene rings is 2. The van der Waals surface area contributed by atoms with Crippen molar-refractivity contribution < 1.29 is 5.11 Å². The molecule has 0 spiro atoms. The number of nitrogens with one attached hydrogen (secondary N) is 1. The van der Waals surface area contributed by atoms with Gasteiger partial charge in [-0.25, -0.2) is 4.98 Å². The Morgan fingerprint density at radius 1 is 1.15 bits per heavy atom. The quantitative estimate of drug-likeness (QED) is 0.519. The molecule has 4 rings (SSSR count). The van der Waals surface area contributed by atoms with Crippen molar-refractivity contribution >= 4 is 22.3 Å². The molecule has 0 saturated carbocycles. The molecule has 0 aliphatic rings. The van der Waals surface area contributed by atoms with Crippen LogP contribution in [0.25, 0.3) is 16.6 Å². The maximum atomic E-state index is 10.4. The van der Waals surface area contributed by atoms with Crippen LogP contribution in [0.1, 0.15) is 25.5 Å². The Hall–Kier alpha value is -3.28. The third-order valence-corrected chi connectivity index (χ3v) is 4.57. The van der Waals surface area contributed by atoms with Gasteiger partial charge in [-0.2, -0.15) is 5.10 Å². The number of nitrogens with zero attached hydrogens (tertiary/aromatic N) is 4. The number of aromatic nitrogens is 4. The lowest BCUT2D eigenvalue weighted by Gasteiger charge is -2.10. The molecule has 0 radical (unpaired) electrons. The highest BCUT2D eigenvalue weighted by Crippen LogP contribution is 2.30. The Bertz CT molecular complexity index is 1080. The first-order chi connectivity index (χ1) is 13.1. The minimum atomic E-state index is 0.193. The Morgan fingerprint density at radius 2 is 2.04 bits per heavy atom. The van der Waals surface area contributed by atoms with E-state index in [1.807, 2.05) is 46.6 Å². The molecule has 0 bridgehead atoms. The maximum Gasteiger partial charge on any atom is 0.141 e. The van der Waals surface area contributed by atoms with E-state index in [1.54, 1.807) is 12.4 Å². The van der Waals surface area contributed by atoms with Gasteiger partial charge in [-0.05, 0) is 31.5 Å². The van der Waals surface area contributed by atoms with Crippen LogP contribution in [0.3, 0.4) is 0 Å². The molecule has 27 heavy (non-hydrogen) atoms. The first-order valence-electron chi connectivity index (χ1n) is 9.21. The molecule has 138 valence electrons. The van der Waals surface area contributed by atoms with E-state index in [2.05, 4.69) is 29.5 Å². The lowest BCUT2D eigenvalue weighted by atomic mass is 10.2. The van der Waals surface area contributed by atoms with Crippen LogP contribution in [-0.4, -0.2) is 24.4 Å². The van der Waals surface area contributed by atoms with Gasteiger partial charge in [-0.15, -0.1) is 0 Å². The highest BCUT2D eigenvalue weighted by atomic mass is 16.3. The molecular weight excluding hydrogens is 338 g/mol. The first-order valence-corrected chi connectivity index (χ1v) is 9.21. The van der Waals surface area contributed by atoms with Crippen LogP contribution in [0.4, 0.5) is 11.4 Å². The van der Waals surface area contributed by atoms with Crippen molar-refractivity contribution in [2.75, 3.05) is 5.32 Å². The monoisotopic (exact) mass is 361 g/mol. The molecule has 0 fully saturated rings. The van der Waals surface area contributed by atoms with Crippen LogP contribution in [0.15, 0.2) is 55.1 Å². The van der Waals surface area contributed by atoms with Gasteiger partial charge in [0, 0.05) is 36.1 Å². The number of imidazole rings is 1. The zero-order valence-electron chi connectivity index (χ0n) is 15.6. The largest absolute Gasteiger partial charge is 0.506 e. The summed E-state index contributed by atoms with van der Waals surface area (Å²) >= 11 is 0. The number of fused-ring (bicyclic) bond motifs is 1. The number of aromatic hydroxyl groups is 1. The van der Waals surface area contributed by atoms with Crippen LogP contribution < -0.4 is 5.32 Å². The Balaban J connectivity index is 1.62. The molecule has 0 aliphatic carbocycles. The van der Waals surface area contributed by atoms with E-state index in [1.165, 1.54) is 0 Å². The zero-order chi connectivity index (χ0) is 18.8. The van der Waals surface area contributed by atoms with Gasteiger partial charge >= 0.3 is 0 Å². The van der Waals surface area contributed by atoms with Crippen molar-refractivity contribution in [3.8, 4) is 11.4 Å². The summed E-state index contributed by atoms with van der Waals surface area (Å²) in [5.41, 5.74) is 4.27. The molecule has 0 atom stereocenters. The van der Waals surface area contributed by atoms with E-state index < -0.39 is 0 Å². The molecule has 4 aromatic rings. The second kappa shape index (κ2) is 7.15. The van der Waals surface area contributed by atoms with Crippen molar-refractivity contribution in [3.05, 3.63) is 60.8 Å². The summed E-state index contributed by atoms with van der Waals surface area (Å²) in [6.45, 7) is 5.02. The first kappa shape index (κ1) is 17.1. The van der Waals surface area contributed by atoms with E-state index in [4.69, 9.17) is 5.10 Å². The number of unbranched alkanes of at least 4 members (excludes halogenated alkanes) is 1. The van der Waals surface area contributed by atoms with Gasteiger partial charge < -0.3 is 15.0 Å². The molecule has 2 N–H and O–H groups in total. The van der Waals surface area contributed by atoms with Crippen molar-refractivity contribution in [1.29, 1.82) is 0 Å². The van der Waals surface area contributed by atoms with Crippen LogP contribution in [0.5, 0.6) is 5.75 Å². The lowest BCUT2D eigenvalue weighted by Crippen LogP contribution is -1.98. The minimum absolute atomic E-state index is 0.193. The van der Waals surface area contributed by atoms with Crippen LogP contribution in [-0.2, 0) is 6.54 Å². The maximum absolute atomic E-state index is 10.4. The molecule has 2 heterocycles. The molecule has 0 unspecified atom stereocenters. The normalized spacial score (nSPS) is 11.2. The predicted octanol–water partition coefficient (Wildman–Crippen LogP) is 4.78. The standard InChI is InChI=1S/C21H23N5O/c1-3-4-10-26-13-16-6-5-7-18(21(16)24-26)23-17-8-9-19(20(27)11-17)25-12-15(2)22-14-25/h5-9,11-14,23,27H,3-4,10H2,1-2H3. The van der Waals surface area contributed by atoms with E-state index in [0.29, 0.717) is 5.69 Å². The number of anilines is 2. The van der Waals surface area contributed by atoms with Gasteiger partial charge in [0.15, 0.2) is 0 Å². The van der Waals surface area contributed by atoms with Gasteiger partial charge in [0.05, 0.1) is 23.4 Å². The summed E-state index contributed by atoms with van der Waals surface area (Å²) in [5.74, 6) is 0.193. The fourth-order valence-electron chi connectivity index (χ4n) is 3.16. The third kappa shape index (κ3) is 3.51. The summed E-state index contributed by atoms with van der Waals surface area (Å²) < 4.78 is 3.81. The highest BCUT2D eigenvalue weighted by Gasteiger charge is 2.09. The number of rotatable bonds is 6. The number of aryl methyl sites for hydroxylation is 2. The van der Waals surface area contributed by atoms with Gasteiger partial charge in [-0.3, -0.25) is 4.68 Å². The topological polar surface area (TPSA) is 67.9 Å². The van der Waals surface area contributed by atoms with Gasteiger partial charge in [0.25, 0.3) is 0 Å². The Kier molecular flexibility index (Phi) is 4.54. The summed E-state index contributed by atoms with van der Waals surface area (Å²) in [4.78, 5) is 4.21. The average molecular weight is 361 g/mol. The fourth-order valence-corrected chi connectivity index (χ4v) is 3.16. The number of hydrogen-bond acceptors (Lipinski definition) is 4. The number of hydrogen-bond donors (Lipinski definition) is 2. The molecule has 2 aromatic heterocycles. The summed E-state index contributed by atoms with van der Waals surface area (Å²) in [6.07, 6.45) is 7.91. The summed E-state index contributed by atoms with van der Waals surface area (Å²) in [5, 5.41) is 19.6. The third-order valence-electron chi connectivity index (χ3n) is 4.57. The van der Waals surface area contributed by atoms with Crippen LogP contribution in [0.2, 0.25) is 0 Å². The molecule has 0 aliphatic heterocycles. The molecule has 2 aromatic carbocycles. The highest BCUT2D eigenvalue weighted by molar-refractivity contribution is 5.92. The van der Waals surface area contributed by atoms with Gasteiger partial charge in [0.1, 0.15) is 11.3 Å². The van der Waals surface area contributed by atoms with Gasteiger partial charge in [-0.1, -0.05) is 25.5 Å². The van der Waals surface area contributed by atoms with Crippen molar-refractivity contribution in [3.63, 3.8) is 0 Å². The van der Waals surface area contributed by atoms with Crippen molar-refractivity contribution in [2.45, 2.75) is 33.2 Å². The van der Waals surface area contributed by atoms with E-state index in [-0.39, 0.29) is 5.75 Å². The summed E-state index contributed by atoms with van der Waals surface area (Å²) in [7, 11) is 0. The zero-order valence-corrected chi connectivity index (χ0v) is 15.6. The van der Waals surface area contributed by atoms with E-state index in [9.17, 15) is 5.11 Å². The molecule has 0 saturated heterocycles. The predicted molar refractivity (Wildman–Crippen MR) is 108 cm³/mol. The molecule has 6 nitrogen and oxygen atoms in total. The Morgan fingerprint density at radius 3 is 2.78 bits per heavy atom. The number of phenolic OH excluding ortho intramolecular Hbond substituents is 1. The average Bonchev–Trinajstić information content (AvgIpc) is 3.26. The second-order valence-corrected chi connectivity index (χ2v) is 6.74. The minimum Gasteiger partial charge on any atom is -0.506 e. The molecule has 6 heteroatoms. The smallest absolute Gasteiger partial charge is 0.141 e. The lowest BCUT2D eigenvalue weighted by molar-refractivity contribution is 0.472. The van der Waals surface area contributed by atoms with Crippen molar-refractivity contribution in [2.24, 2.45) is 0 Å². The fraction of sp³-hybridized carbons (Fsp3) is 0.238. The second-order valence-electron chi connectivity index (χ2n) is 6.74. The summed E-state index contributed by atoms with van der Waals surface area (Å²) in [6, 6.07) is 11.6. The molecule has 0 amide bonds. The Labute approximate surface area is 158 Å². The SMILES string of the molecule is CCCCn1cc2cccc(Nc3ccc(-n4cnc(C)c4)c(O)c3)c2n1. The molecular formula is C21H23N5O. The van der Waals surface area contributed by atoms with Crippen molar-refractivity contribution in [1.82, 2.24) is 19.3 Å². The van der Waals surface area contributed by atoms with E-state index in [0.717, 1.165) is 47.4 Å².